The van der Waals surface area contributed by atoms with Crippen molar-refractivity contribution in [1.82, 2.24) is 0 Å². The normalized spacial score (nSPS) is 11.4. The predicted molar refractivity (Wildman–Crippen MR) is 42.9 cm³/mol. The van der Waals surface area contributed by atoms with Crippen LogP contribution in [0.1, 0.15) is 17.0 Å². The maximum atomic E-state index is 12.0. The minimum atomic E-state index is -4.53. The van der Waals surface area contributed by atoms with Crippen LogP contribution in [0, 0.1) is 0 Å². The molecule has 0 spiro atoms. The van der Waals surface area contributed by atoms with Crippen molar-refractivity contribution in [3.05, 3.63) is 36.3 Å². The number of hydrogen-bond donors (Lipinski definition) is 0. The number of carbonyl (C=O) groups is 1. The number of rotatable bonds is 3. The zero-order chi connectivity index (χ0) is 10.8. The summed E-state index contributed by atoms with van der Waals surface area (Å²) in [5.41, 5.74) is -1.07. The summed E-state index contributed by atoms with van der Waals surface area (Å²) >= 11 is 0. The van der Waals surface area contributed by atoms with Gasteiger partial charge in [-0.15, -0.1) is 0 Å². The van der Waals surface area contributed by atoms with E-state index >= 15 is 0 Å². The summed E-state index contributed by atoms with van der Waals surface area (Å²) in [4.78, 5) is 11.1. The molecule has 1 rings (SSSR count). The average molecular weight is 204 g/mol. The first-order valence-electron chi connectivity index (χ1n) is 3.73. The van der Waals surface area contributed by atoms with Crippen LogP contribution in [0.25, 0.3) is 0 Å². The lowest BCUT2D eigenvalue weighted by Gasteiger charge is -2.07. The molecule has 0 N–H and O–H groups in total. The highest BCUT2D eigenvalue weighted by Gasteiger charge is 2.33. The van der Waals surface area contributed by atoms with Gasteiger partial charge >= 0.3 is 6.18 Å². The Morgan fingerprint density at radius 2 is 2.14 bits per heavy atom. The molecule has 1 heterocycles. The summed E-state index contributed by atoms with van der Waals surface area (Å²) < 4.78 is 40.6. The van der Waals surface area contributed by atoms with Crippen LogP contribution >= 0.6 is 0 Å². The Balaban J connectivity index is 2.63. The summed E-state index contributed by atoms with van der Waals surface area (Å²) in [5.74, 6) is -0.812. The van der Waals surface area contributed by atoms with Crippen molar-refractivity contribution < 1.29 is 22.4 Å². The number of allylic oxidation sites excluding steroid dienone is 1. The number of carbonyl (C=O) groups excluding carboxylic acids is 1. The second-order valence-electron chi connectivity index (χ2n) is 2.68. The Bertz CT molecular complexity index is 335. The Labute approximate surface area is 78.0 Å². The van der Waals surface area contributed by atoms with Crippen molar-refractivity contribution in [1.29, 1.82) is 0 Å². The Morgan fingerprint density at radius 1 is 1.50 bits per heavy atom. The highest BCUT2D eigenvalue weighted by atomic mass is 19.4. The number of alkyl halides is 3. The van der Waals surface area contributed by atoms with E-state index in [2.05, 4.69) is 11.0 Å². The van der Waals surface area contributed by atoms with Crippen molar-refractivity contribution in [2.45, 2.75) is 12.6 Å². The largest absolute Gasteiger partial charge is 0.461 e. The fourth-order valence-electron chi connectivity index (χ4n) is 0.818. The summed E-state index contributed by atoms with van der Waals surface area (Å²) in [7, 11) is 0. The third-order valence-electron chi connectivity index (χ3n) is 1.57. The van der Waals surface area contributed by atoms with E-state index in [0.717, 1.165) is 0 Å². The minimum Gasteiger partial charge on any atom is -0.461 e. The molecule has 76 valence electrons. The maximum absolute atomic E-state index is 12.0. The molecule has 1 aromatic heterocycles. The molecule has 0 amide bonds. The molecule has 0 aliphatic heterocycles. The van der Waals surface area contributed by atoms with Gasteiger partial charge in [0.15, 0.2) is 5.76 Å². The SMILES string of the molecule is C=C(CC(=O)c1ccco1)C(F)(F)F. The van der Waals surface area contributed by atoms with Crippen LogP contribution in [0.5, 0.6) is 0 Å². The van der Waals surface area contributed by atoms with Crippen LogP contribution in [0.2, 0.25) is 0 Å². The molecule has 2 nitrogen and oxygen atoms in total. The molecule has 0 aromatic carbocycles. The molecule has 0 saturated carbocycles. The first-order valence-corrected chi connectivity index (χ1v) is 3.73. The topological polar surface area (TPSA) is 30.2 Å². The quantitative estimate of drug-likeness (QED) is 0.559. The van der Waals surface area contributed by atoms with Gasteiger partial charge < -0.3 is 4.42 Å². The molecular formula is C9H7F3O2. The number of hydrogen-bond acceptors (Lipinski definition) is 2. The number of halogens is 3. The molecular weight excluding hydrogens is 197 g/mol. The molecule has 5 heteroatoms. The first-order chi connectivity index (χ1) is 6.41. The van der Waals surface area contributed by atoms with E-state index in [1.165, 1.54) is 18.4 Å². The molecule has 0 radical (unpaired) electrons. The fraction of sp³-hybridized carbons (Fsp3) is 0.222. The standard InChI is InChI=1S/C9H7F3O2/c1-6(9(10,11)12)5-7(13)8-3-2-4-14-8/h2-4H,1,5H2. The van der Waals surface area contributed by atoms with Crippen molar-refractivity contribution in [2.75, 3.05) is 0 Å². The van der Waals surface area contributed by atoms with Gasteiger partial charge in [0.1, 0.15) is 0 Å². The second-order valence-corrected chi connectivity index (χ2v) is 2.68. The van der Waals surface area contributed by atoms with Crippen LogP contribution < -0.4 is 0 Å². The van der Waals surface area contributed by atoms with E-state index in [1.54, 1.807) is 0 Å². The number of Topliss-reactive ketones (excluding diaryl/α,β-unsaturated/α-hetero) is 1. The van der Waals surface area contributed by atoms with Crippen LogP contribution in [0.4, 0.5) is 13.2 Å². The number of furan rings is 1. The highest BCUT2D eigenvalue weighted by Crippen LogP contribution is 2.27. The van der Waals surface area contributed by atoms with Gasteiger partial charge in [0.25, 0.3) is 0 Å². The van der Waals surface area contributed by atoms with Crippen LogP contribution in [0.15, 0.2) is 35.0 Å². The smallest absolute Gasteiger partial charge is 0.412 e. The van der Waals surface area contributed by atoms with E-state index in [1.807, 2.05) is 0 Å². The van der Waals surface area contributed by atoms with Gasteiger partial charge in [-0.25, -0.2) is 0 Å². The van der Waals surface area contributed by atoms with Gasteiger partial charge in [-0.1, -0.05) is 6.58 Å². The van der Waals surface area contributed by atoms with Gasteiger partial charge in [0, 0.05) is 12.0 Å². The van der Waals surface area contributed by atoms with E-state index in [9.17, 15) is 18.0 Å². The summed E-state index contributed by atoms with van der Waals surface area (Å²) in [6.45, 7) is 2.79. The van der Waals surface area contributed by atoms with Gasteiger partial charge in [-0.2, -0.15) is 13.2 Å². The molecule has 0 aliphatic carbocycles. The van der Waals surface area contributed by atoms with E-state index in [0.29, 0.717) is 0 Å². The van der Waals surface area contributed by atoms with Crippen LogP contribution in [-0.4, -0.2) is 12.0 Å². The average Bonchev–Trinajstić information content (AvgIpc) is 2.53. The minimum absolute atomic E-state index is 0.0876. The second kappa shape index (κ2) is 3.69. The lowest BCUT2D eigenvalue weighted by atomic mass is 10.1. The van der Waals surface area contributed by atoms with Crippen molar-refractivity contribution in [3.63, 3.8) is 0 Å². The number of ketones is 1. The predicted octanol–water partition coefficient (Wildman–Crippen LogP) is 2.97. The lowest BCUT2D eigenvalue weighted by Crippen LogP contribution is -2.14. The van der Waals surface area contributed by atoms with Crippen LogP contribution in [0.3, 0.4) is 0 Å². The zero-order valence-electron chi connectivity index (χ0n) is 7.10. The monoisotopic (exact) mass is 204 g/mol. The van der Waals surface area contributed by atoms with Gasteiger partial charge in [0.2, 0.25) is 5.78 Å². The first kappa shape index (κ1) is 10.6. The van der Waals surface area contributed by atoms with Gasteiger partial charge in [-0.3, -0.25) is 4.79 Å². The van der Waals surface area contributed by atoms with E-state index < -0.39 is 24.0 Å². The maximum Gasteiger partial charge on any atom is 0.412 e. The summed E-state index contributed by atoms with van der Waals surface area (Å²) in [6.07, 6.45) is -4.07. The molecule has 0 fully saturated rings. The van der Waals surface area contributed by atoms with Crippen molar-refractivity contribution >= 4 is 5.78 Å². The zero-order valence-corrected chi connectivity index (χ0v) is 7.10. The molecule has 0 atom stereocenters. The van der Waals surface area contributed by atoms with Gasteiger partial charge in [0.05, 0.1) is 6.26 Å². The molecule has 0 aliphatic rings. The highest BCUT2D eigenvalue weighted by molar-refractivity contribution is 5.95. The van der Waals surface area contributed by atoms with E-state index in [-0.39, 0.29) is 5.76 Å². The fourth-order valence-corrected chi connectivity index (χ4v) is 0.818. The summed E-state index contributed by atoms with van der Waals surface area (Å²) in [5, 5.41) is 0. The molecule has 0 saturated heterocycles. The molecule has 0 unspecified atom stereocenters. The van der Waals surface area contributed by atoms with Gasteiger partial charge in [-0.05, 0) is 12.1 Å². The molecule has 1 aromatic rings. The van der Waals surface area contributed by atoms with Crippen molar-refractivity contribution in [3.8, 4) is 0 Å². The lowest BCUT2D eigenvalue weighted by molar-refractivity contribution is -0.0927. The summed E-state index contributed by atoms with van der Waals surface area (Å²) in [6, 6.07) is 2.75. The Hall–Kier alpha value is -1.52. The Morgan fingerprint density at radius 3 is 2.57 bits per heavy atom. The molecule has 14 heavy (non-hydrogen) atoms. The van der Waals surface area contributed by atoms with E-state index in [4.69, 9.17) is 0 Å². The third-order valence-corrected chi connectivity index (χ3v) is 1.57. The third kappa shape index (κ3) is 2.48. The molecule has 0 bridgehead atoms. The Kier molecular flexibility index (Phi) is 2.78. The van der Waals surface area contributed by atoms with Crippen molar-refractivity contribution in [2.24, 2.45) is 0 Å². The van der Waals surface area contributed by atoms with Crippen LogP contribution in [-0.2, 0) is 0 Å².